The summed E-state index contributed by atoms with van der Waals surface area (Å²) in [4.78, 5) is 26.1. The van der Waals surface area contributed by atoms with E-state index in [9.17, 15) is 4.79 Å². The van der Waals surface area contributed by atoms with E-state index in [1.807, 2.05) is 12.3 Å². The van der Waals surface area contributed by atoms with Crippen LogP contribution in [0.25, 0.3) is 11.0 Å². The van der Waals surface area contributed by atoms with Crippen molar-refractivity contribution in [1.82, 2.24) is 19.9 Å². The highest BCUT2D eigenvalue weighted by atomic mass is 16.1. The van der Waals surface area contributed by atoms with E-state index in [2.05, 4.69) is 45.9 Å². The lowest BCUT2D eigenvalue weighted by Gasteiger charge is -2.05. The summed E-state index contributed by atoms with van der Waals surface area (Å²) >= 11 is 0. The van der Waals surface area contributed by atoms with Gasteiger partial charge < -0.3 is 10.7 Å². The molecule has 0 radical (unpaired) electrons. The first kappa shape index (κ1) is 16.2. The first-order valence-electron chi connectivity index (χ1n) is 8.35. The van der Waals surface area contributed by atoms with Gasteiger partial charge in [0.1, 0.15) is 5.65 Å². The number of aromatic nitrogens is 4. The quantitative estimate of drug-likeness (QED) is 0.607. The Labute approximate surface area is 140 Å². The number of aryl methyl sites for hydroxylation is 2. The molecule has 0 saturated heterocycles. The van der Waals surface area contributed by atoms with Gasteiger partial charge in [-0.15, -0.1) is 0 Å². The Bertz CT molecular complexity index is 877. The van der Waals surface area contributed by atoms with Gasteiger partial charge in [0.25, 0.3) is 5.56 Å². The molecule has 0 spiro atoms. The van der Waals surface area contributed by atoms with Gasteiger partial charge in [0, 0.05) is 17.6 Å². The molecule has 0 aromatic carbocycles. The van der Waals surface area contributed by atoms with Crippen molar-refractivity contribution < 1.29 is 0 Å². The fraction of sp³-hybridized carbons (Fsp3) is 0.389. The molecule has 3 heterocycles. The minimum absolute atomic E-state index is 0.137. The van der Waals surface area contributed by atoms with E-state index < -0.39 is 0 Å². The second-order valence-corrected chi connectivity index (χ2v) is 6.46. The van der Waals surface area contributed by atoms with E-state index in [-0.39, 0.29) is 11.5 Å². The number of unbranched alkanes of at least 4 members (excludes halogenated alkanes) is 1. The maximum absolute atomic E-state index is 11.8. The van der Waals surface area contributed by atoms with Gasteiger partial charge >= 0.3 is 0 Å². The van der Waals surface area contributed by atoms with Crippen molar-refractivity contribution in [2.75, 3.05) is 5.73 Å². The molecule has 3 aromatic heterocycles. The van der Waals surface area contributed by atoms with Crippen molar-refractivity contribution in [2.45, 2.75) is 45.4 Å². The number of nitrogens with two attached hydrogens (primary N) is 1. The standard InChI is InChI=1S/C18H23N5O/c1-11(2)15-8-7-12(10-20-15)5-3-4-6-13-9-14-16(21-13)22-18(19)23-17(14)24/h7-11H,3-6H2,1-2H3,(H4,19,21,22,23,24). The lowest BCUT2D eigenvalue weighted by Crippen LogP contribution is -2.09. The summed E-state index contributed by atoms with van der Waals surface area (Å²) in [7, 11) is 0. The highest BCUT2D eigenvalue weighted by molar-refractivity contribution is 5.76. The number of rotatable bonds is 6. The van der Waals surface area contributed by atoms with E-state index in [1.54, 1.807) is 0 Å². The van der Waals surface area contributed by atoms with E-state index >= 15 is 0 Å². The summed E-state index contributed by atoms with van der Waals surface area (Å²) in [6.45, 7) is 4.30. The van der Waals surface area contributed by atoms with Gasteiger partial charge in [0.15, 0.2) is 0 Å². The van der Waals surface area contributed by atoms with Crippen LogP contribution in [0.4, 0.5) is 5.95 Å². The number of fused-ring (bicyclic) bond motifs is 1. The molecule has 0 atom stereocenters. The summed E-state index contributed by atoms with van der Waals surface area (Å²) in [5.74, 6) is 0.602. The molecule has 3 rings (SSSR count). The number of nitrogens with zero attached hydrogens (tertiary/aromatic N) is 2. The monoisotopic (exact) mass is 325 g/mol. The summed E-state index contributed by atoms with van der Waals surface area (Å²) in [6.07, 6.45) is 5.98. The Morgan fingerprint density at radius 2 is 1.96 bits per heavy atom. The van der Waals surface area contributed by atoms with E-state index in [0.29, 0.717) is 17.0 Å². The minimum Gasteiger partial charge on any atom is -0.369 e. The molecule has 0 fully saturated rings. The predicted molar refractivity (Wildman–Crippen MR) is 96.1 cm³/mol. The number of aromatic amines is 2. The van der Waals surface area contributed by atoms with Gasteiger partial charge in [-0.3, -0.25) is 14.8 Å². The molecular weight excluding hydrogens is 302 g/mol. The zero-order valence-corrected chi connectivity index (χ0v) is 14.1. The Hall–Kier alpha value is -2.63. The van der Waals surface area contributed by atoms with Crippen molar-refractivity contribution in [3.63, 3.8) is 0 Å². The molecule has 0 aliphatic rings. The SMILES string of the molecule is CC(C)c1ccc(CCCCc2cc3c(=O)[nH]c(N)nc3[nH]2)cn1. The molecule has 126 valence electrons. The molecule has 3 aromatic rings. The third-order valence-electron chi connectivity index (χ3n) is 4.17. The summed E-state index contributed by atoms with van der Waals surface area (Å²) in [5, 5.41) is 0.563. The summed E-state index contributed by atoms with van der Waals surface area (Å²) < 4.78 is 0. The molecule has 0 amide bonds. The van der Waals surface area contributed by atoms with Crippen molar-refractivity contribution in [1.29, 1.82) is 0 Å². The largest absolute Gasteiger partial charge is 0.369 e. The Morgan fingerprint density at radius 3 is 2.67 bits per heavy atom. The zero-order chi connectivity index (χ0) is 17.1. The zero-order valence-electron chi connectivity index (χ0n) is 14.1. The fourth-order valence-electron chi connectivity index (χ4n) is 2.80. The number of anilines is 1. The summed E-state index contributed by atoms with van der Waals surface area (Å²) in [6, 6.07) is 6.14. The lowest BCUT2D eigenvalue weighted by molar-refractivity contribution is 0.722. The van der Waals surface area contributed by atoms with Crippen LogP contribution in [0.5, 0.6) is 0 Å². The van der Waals surface area contributed by atoms with Crippen LogP contribution in [0.1, 0.15) is 49.6 Å². The minimum atomic E-state index is -0.198. The molecule has 0 unspecified atom stereocenters. The molecular formula is C18H23N5O. The van der Waals surface area contributed by atoms with Gasteiger partial charge in [0.05, 0.1) is 5.39 Å². The number of hydrogen-bond donors (Lipinski definition) is 3. The number of nitrogens with one attached hydrogen (secondary N) is 2. The highest BCUT2D eigenvalue weighted by Gasteiger charge is 2.07. The van der Waals surface area contributed by atoms with Crippen molar-refractivity contribution in [2.24, 2.45) is 0 Å². The van der Waals surface area contributed by atoms with Gasteiger partial charge in [-0.1, -0.05) is 19.9 Å². The maximum atomic E-state index is 11.8. The maximum Gasteiger partial charge on any atom is 0.261 e. The molecule has 6 nitrogen and oxygen atoms in total. The molecule has 0 saturated carbocycles. The number of hydrogen-bond acceptors (Lipinski definition) is 4. The number of nitrogen functional groups attached to an aromatic ring is 1. The first-order chi connectivity index (χ1) is 11.5. The third-order valence-corrected chi connectivity index (χ3v) is 4.17. The topological polar surface area (TPSA) is 100 Å². The van der Waals surface area contributed by atoms with Crippen LogP contribution in [0.15, 0.2) is 29.2 Å². The third kappa shape index (κ3) is 3.64. The molecule has 4 N–H and O–H groups in total. The summed E-state index contributed by atoms with van der Waals surface area (Å²) in [5.41, 5.74) is 9.33. The van der Waals surface area contributed by atoms with Crippen LogP contribution in [0.2, 0.25) is 0 Å². The van der Waals surface area contributed by atoms with Crippen molar-refractivity contribution >= 4 is 17.0 Å². The lowest BCUT2D eigenvalue weighted by atomic mass is 10.1. The van der Waals surface area contributed by atoms with E-state index in [0.717, 1.165) is 37.1 Å². The van der Waals surface area contributed by atoms with Crippen molar-refractivity contribution in [3.8, 4) is 0 Å². The highest BCUT2D eigenvalue weighted by Crippen LogP contribution is 2.15. The number of H-pyrrole nitrogens is 2. The van der Waals surface area contributed by atoms with Crippen LogP contribution in [-0.4, -0.2) is 19.9 Å². The van der Waals surface area contributed by atoms with Crippen LogP contribution in [-0.2, 0) is 12.8 Å². The molecule has 0 aliphatic heterocycles. The Balaban J connectivity index is 1.55. The Kier molecular flexibility index (Phi) is 4.64. The second kappa shape index (κ2) is 6.86. The van der Waals surface area contributed by atoms with Crippen LogP contribution in [0.3, 0.4) is 0 Å². The van der Waals surface area contributed by atoms with Gasteiger partial charge in [0.2, 0.25) is 5.95 Å². The molecule has 6 heteroatoms. The molecule has 0 aliphatic carbocycles. The average molecular weight is 325 g/mol. The van der Waals surface area contributed by atoms with E-state index in [4.69, 9.17) is 5.73 Å². The fourth-order valence-corrected chi connectivity index (χ4v) is 2.80. The average Bonchev–Trinajstić information content (AvgIpc) is 2.95. The second-order valence-electron chi connectivity index (χ2n) is 6.46. The molecule has 0 bridgehead atoms. The predicted octanol–water partition coefficient (Wildman–Crippen LogP) is 2.92. The molecule has 24 heavy (non-hydrogen) atoms. The van der Waals surface area contributed by atoms with Crippen LogP contribution in [0, 0.1) is 0 Å². The Morgan fingerprint density at radius 1 is 1.17 bits per heavy atom. The van der Waals surface area contributed by atoms with Gasteiger partial charge in [-0.25, -0.2) is 0 Å². The number of pyridine rings is 1. The van der Waals surface area contributed by atoms with Crippen LogP contribution < -0.4 is 11.3 Å². The van der Waals surface area contributed by atoms with Gasteiger partial charge in [-0.2, -0.15) is 4.98 Å². The first-order valence-corrected chi connectivity index (χ1v) is 8.35. The van der Waals surface area contributed by atoms with Gasteiger partial charge in [-0.05, 0) is 49.3 Å². The normalized spacial score (nSPS) is 11.5. The van der Waals surface area contributed by atoms with E-state index in [1.165, 1.54) is 5.56 Å². The van der Waals surface area contributed by atoms with Crippen molar-refractivity contribution in [3.05, 3.63) is 51.7 Å². The smallest absolute Gasteiger partial charge is 0.261 e. The van der Waals surface area contributed by atoms with Crippen LogP contribution >= 0.6 is 0 Å².